The van der Waals surface area contributed by atoms with Gasteiger partial charge in [-0.05, 0) is 12.5 Å². The van der Waals surface area contributed by atoms with Crippen LogP contribution in [0.2, 0.25) is 0 Å². The van der Waals surface area contributed by atoms with Gasteiger partial charge >= 0.3 is 5.97 Å². The maximum Gasteiger partial charge on any atom is 0.336 e. The number of hydrogen-bond donors (Lipinski definition) is 1. The number of esters is 1. The molecule has 1 saturated heterocycles. The zero-order valence-electron chi connectivity index (χ0n) is 10.1. The fourth-order valence-electron chi connectivity index (χ4n) is 1.88. The molecule has 4 heteroatoms. The summed E-state index contributed by atoms with van der Waals surface area (Å²) in [6.45, 7) is 3.04. The van der Waals surface area contributed by atoms with Gasteiger partial charge in [0.1, 0.15) is 0 Å². The van der Waals surface area contributed by atoms with Crippen LogP contribution >= 0.6 is 0 Å². The molecule has 0 amide bonds. The van der Waals surface area contributed by atoms with Crippen molar-refractivity contribution in [3.8, 4) is 0 Å². The fraction of sp³-hybridized carbons (Fsp3) is 0.462. The van der Waals surface area contributed by atoms with Crippen molar-refractivity contribution in [2.75, 3.05) is 20.3 Å². The summed E-state index contributed by atoms with van der Waals surface area (Å²) in [5, 5.41) is 3.29. The second-order valence-electron chi connectivity index (χ2n) is 4.22. The van der Waals surface area contributed by atoms with Gasteiger partial charge in [0.05, 0.1) is 19.8 Å². The van der Waals surface area contributed by atoms with Gasteiger partial charge < -0.3 is 14.8 Å². The first-order valence-corrected chi connectivity index (χ1v) is 5.70. The van der Waals surface area contributed by atoms with Crippen molar-refractivity contribution < 1.29 is 14.3 Å². The van der Waals surface area contributed by atoms with Gasteiger partial charge in [-0.1, -0.05) is 29.8 Å². The Morgan fingerprint density at radius 3 is 2.65 bits per heavy atom. The van der Waals surface area contributed by atoms with Crippen LogP contribution in [0, 0.1) is 6.92 Å². The Balaban J connectivity index is 1.95. The van der Waals surface area contributed by atoms with Crippen molar-refractivity contribution in [1.29, 1.82) is 0 Å². The number of morpholine rings is 1. The van der Waals surface area contributed by atoms with E-state index in [1.54, 1.807) is 0 Å². The van der Waals surface area contributed by atoms with Gasteiger partial charge in [-0.15, -0.1) is 0 Å². The molecule has 2 atom stereocenters. The Bertz CT molecular complexity index is 380. The Kier molecular flexibility index (Phi) is 3.76. The molecule has 1 aromatic rings. The van der Waals surface area contributed by atoms with Crippen LogP contribution in [0.3, 0.4) is 0 Å². The summed E-state index contributed by atoms with van der Waals surface area (Å²) in [5.41, 5.74) is 2.41. The minimum Gasteiger partial charge on any atom is -0.467 e. The summed E-state index contributed by atoms with van der Waals surface area (Å²) in [6, 6.07) is 8.45. The van der Waals surface area contributed by atoms with Crippen molar-refractivity contribution in [3.63, 3.8) is 0 Å². The molecule has 1 heterocycles. The van der Waals surface area contributed by atoms with E-state index >= 15 is 0 Å². The van der Waals surface area contributed by atoms with Gasteiger partial charge in [0.15, 0.2) is 6.10 Å². The monoisotopic (exact) mass is 235 g/mol. The normalized spacial score (nSPS) is 24.4. The van der Waals surface area contributed by atoms with Crippen LogP contribution in [0.15, 0.2) is 24.3 Å². The first kappa shape index (κ1) is 12.1. The summed E-state index contributed by atoms with van der Waals surface area (Å²) in [5.74, 6) is -0.320. The molecule has 92 valence electrons. The number of carbonyl (C=O) groups is 1. The van der Waals surface area contributed by atoms with Gasteiger partial charge in [0, 0.05) is 6.54 Å². The van der Waals surface area contributed by atoms with Gasteiger partial charge in [0.25, 0.3) is 0 Å². The third kappa shape index (κ3) is 2.84. The lowest BCUT2D eigenvalue weighted by atomic mass is 10.0. The van der Waals surface area contributed by atoms with Crippen LogP contribution in [0.4, 0.5) is 0 Å². The van der Waals surface area contributed by atoms with Crippen LogP contribution < -0.4 is 5.32 Å². The highest BCUT2D eigenvalue weighted by atomic mass is 16.6. The molecule has 1 aromatic carbocycles. The number of benzene rings is 1. The van der Waals surface area contributed by atoms with E-state index in [9.17, 15) is 4.79 Å². The lowest BCUT2D eigenvalue weighted by Crippen LogP contribution is -2.45. The molecular formula is C13H17NO3. The molecule has 17 heavy (non-hydrogen) atoms. The lowest BCUT2D eigenvalue weighted by Gasteiger charge is -2.29. The molecule has 1 N–H and O–H groups in total. The van der Waals surface area contributed by atoms with E-state index < -0.39 is 6.10 Å². The molecule has 0 aromatic heterocycles. The van der Waals surface area contributed by atoms with E-state index in [0.29, 0.717) is 13.2 Å². The number of methoxy groups -OCH3 is 1. The van der Waals surface area contributed by atoms with Gasteiger partial charge in [0.2, 0.25) is 0 Å². The molecule has 0 bridgehead atoms. The van der Waals surface area contributed by atoms with Crippen LogP contribution in [-0.4, -0.2) is 32.3 Å². The zero-order valence-corrected chi connectivity index (χ0v) is 10.1. The Hall–Kier alpha value is -1.39. The maximum atomic E-state index is 11.3. The standard InChI is InChI=1S/C13H17NO3/c1-9-3-5-10(6-4-9)11-8-17-12(7-14-11)13(15)16-2/h3-6,11-12,14H,7-8H2,1-2H3. The van der Waals surface area contributed by atoms with E-state index in [1.165, 1.54) is 18.2 Å². The molecule has 1 aliphatic heterocycles. The fourth-order valence-corrected chi connectivity index (χ4v) is 1.88. The quantitative estimate of drug-likeness (QED) is 0.782. The summed E-state index contributed by atoms with van der Waals surface area (Å²) in [7, 11) is 1.37. The number of aryl methyl sites for hydroxylation is 1. The molecule has 0 radical (unpaired) electrons. The summed E-state index contributed by atoms with van der Waals surface area (Å²) in [4.78, 5) is 11.3. The third-order valence-corrected chi connectivity index (χ3v) is 2.96. The van der Waals surface area contributed by atoms with Gasteiger partial charge in [-0.2, -0.15) is 0 Å². The summed E-state index contributed by atoms with van der Waals surface area (Å²) >= 11 is 0. The molecule has 0 saturated carbocycles. The molecule has 2 unspecified atom stereocenters. The van der Waals surface area contributed by atoms with Crippen LogP contribution in [0.5, 0.6) is 0 Å². The van der Waals surface area contributed by atoms with Crippen molar-refractivity contribution in [1.82, 2.24) is 5.32 Å². The minimum absolute atomic E-state index is 0.150. The average Bonchev–Trinajstić information content (AvgIpc) is 2.39. The SMILES string of the molecule is COC(=O)C1CNC(c2ccc(C)cc2)CO1. The van der Waals surface area contributed by atoms with Crippen LogP contribution in [-0.2, 0) is 14.3 Å². The van der Waals surface area contributed by atoms with E-state index in [0.717, 1.165) is 0 Å². The van der Waals surface area contributed by atoms with Crippen molar-refractivity contribution in [2.45, 2.75) is 19.1 Å². The van der Waals surface area contributed by atoms with Crippen molar-refractivity contribution >= 4 is 5.97 Å². The predicted molar refractivity (Wildman–Crippen MR) is 63.7 cm³/mol. The second-order valence-corrected chi connectivity index (χ2v) is 4.22. The largest absolute Gasteiger partial charge is 0.467 e. The second kappa shape index (κ2) is 5.29. The smallest absolute Gasteiger partial charge is 0.336 e. The van der Waals surface area contributed by atoms with Crippen LogP contribution in [0.25, 0.3) is 0 Å². The lowest BCUT2D eigenvalue weighted by molar-refractivity contribution is -0.156. The van der Waals surface area contributed by atoms with Gasteiger partial charge in [-0.3, -0.25) is 0 Å². The number of carbonyl (C=O) groups excluding carboxylic acids is 1. The van der Waals surface area contributed by atoms with E-state index in [-0.39, 0.29) is 12.0 Å². The predicted octanol–water partition coefficient (Wildman–Crippen LogP) is 1.20. The first-order valence-electron chi connectivity index (χ1n) is 5.70. The van der Waals surface area contributed by atoms with Crippen molar-refractivity contribution in [2.24, 2.45) is 0 Å². The molecule has 2 rings (SSSR count). The molecule has 0 aliphatic carbocycles. The molecule has 1 aliphatic rings. The number of rotatable bonds is 2. The maximum absolute atomic E-state index is 11.3. The number of hydrogen-bond acceptors (Lipinski definition) is 4. The molecule has 0 spiro atoms. The Morgan fingerprint density at radius 2 is 2.12 bits per heavy atom. The average molecular weight is 235 g/mol. The summed E-state index contributed by atoms with van der Waals surface area (Å²) < 4.78 is 10.1. The highest BCUT2D eigenvalue weighted by Crippen LogP contribution is 2.18. The molecule has 4 nitrogen and oxygen atoms in total. The number of ether oxygens (including phenoxy) is 2. The van der Waals surface area contributed by atoms with E-state index in [4.69, 9.17) is 4.74 Å². The highest BCUT2D eigenvalue weighted by molar-refractivity contribution is 5.74. The highest BCUT2D eigenvalue weighted by Gasteiger charge is 2.27. The topological polar surface area (TPSA) is 47.6 Å². The molecule has 1 fully saturated rings. The first-order chi connectivity index (χ1) is 8.20. The third-order valence-electron chi connectivity index (χ3n) is 2.96. The van der Waals surface area contributed by atoms with E-state index in [1.807, 2.05) is 0 Å². The Morgan fingerprint density at radius 1 is 1.41 bits per heavy atom. The Labute approximate surface area is 101 Å². The van der Waals surface area contributed by atoms with Crippen LogP contribution in [0.1, 0.15) is 17.2 Å². The molecular weight excluding hydrogens is 218 g/mol. The van der Waals surface area contributed by atoms with Gasteiger partial charge in [-0.25, -0.2) is 4.79 Å². The zero-order chi connectivity index (χ0) is 12.3. The summed E-state index contributed by atoms with van der Waals surface area (Å²) in [6.07, 6.45) is -0.485. The van der Waals surface area contributed by atoms with Crippen molar-refractivity contribution in [3.05, 3.63) is 35.4 Å². The minimum atomic E-state index is -0.485. The van der Waals surface area contributed by atoms with E-state index in [2.05, 4.69) is 41.2 Å². The number of nitrogens with one attached hydrogen (secondary N) is 1.